The molecule has 1 atom stereocenters. The first-order chi connectivity index (χ1) is 17.8. The molecule has 8 nitrogen and oxygen atoms in total. The van der Waals surface area contributed by atoms with Gasteiger partial charge in [-0.3, -0.25) is 29.6 Å². The number of carbonyl (C=O) groups excluding carboxylic acids is 4. The summed E-state index contributed by atoms with van der Waals surface area (Å²) in [6.07, 6.45) is -0.112. The molecule has 0 bridgehead atoms. The fraction of sp³-hybridized carbons (Fsp3) is 0.241. The van der Waals surface area contributed by atoms with Crippen molar-refractivity contribution >= 4 is 29.4 Å². The number of esters is 1. The molecule has 1 fully saturated rings. The van der Waals surface area contributed by atoms with Gasteiger partial charge in [0, 0.05) is 12.1 Å². The summed E-state index contributed by atoms with van der Waals surface area (Å²) in [6.45, 7) is 3.34. The second-order valence-electron chi connectivity index (χ2n) is 9.11. The summed E-state index contributed by atoms with van der Waals surface area (Å²) in [6, 6.07) is 24.2. The number of carbonyl (C=O) groups is 4. The fourth-order valence-corrected chi connectivity index (χ4v) is 4.35. The van der Waals surface area contributed by atoms with E-state index < -0.39 is 36.2 Å². The number of nitrogens with zero attached hydrogens (tertiary/aromatic N) is 1. The van der Waals surface area contributed by atoms with Crippen LogP contribution in [-0.2, 0) is 23.9 Å². The van der Waals surface area contributed by atoms with E-state index in [0.717, 1.165) is 27.3 Å². The standard InChI is InChI=1S/C29H29N3O5/c1-19-13-14-24(20(2)15-19)30-25(33)18-37-29(36)23-16-26(34)32(17-23)31-28(35)27(21-9-5-3-6-10-21)22-11-7-4-8-12-22/h3-15,23,27H,16-18H2,1-2H3,(H,30,33)(H,31,35)/t23-/m1/s1. The summed E-state index contributed by atoms with van der Waals surface area (Å²) in [7, 11) is 0. The fourth-order valence-electron chi connectivity index (χ4n) is 4.35. The molecule has 1 heterocycles. The number of rotatable bonds is 8. The average molecular weight is 500 g/mol. The van der Waals surface area contributed by atoms with E-state index in [-0.39, 0.29) is 18.9 Å². The first-order valence-electron chi connectivity index (χ1n) is 12.1. The maximum absolute atomic E-state index is 13.3. The first-order valence-corrected chi connectivity index (χ1v) is 12.1. The summed E-state index contributed by atoms with van der Waals surface area (Å²) in [4.78, 5) is 50.7. The van der Waals surface area contributed by atoms with Crippen LogP contribution in [0.1, 0.15) is 34.6 Å². The van der Waals surface area contributed by atoms with Gasteiger partial charge in [-0.2, -0.15) is 0 Å². The molecule has 0 spiro atoms. The van der Waals surface area contributed by atoms with Gasteiger partial charge < -0.3 is 10.1 Å². The smallest absolute Gasteiger partial charge is 0.311 e. The highest BCUT2D eigenvalue weighted by Gasteiger charge is 2.37. The van der Waals surface area contributed by atoms with Gasteiger partial charge in [-0.15, -0.1) is 0 Å². The molecular weight excluding hydrogens is 470 g/mol. The summed E-state index contributed by atoms with van der Waals surface area (Å²) < 4.78 is 5.17. The minimum absolute atomic E-state index is 0.0294. The zero-order valence-corrected chi connectivity index (χ0v) is 20.8. The van der Waals surface area contributed by atoms with Crippen molar-refractivity contribution in [2.24, 2.45) is 5.92 Å². The van der Waals surface area contributed by atoms with Gasteiger partial charge in [0.2, 0.25) is 5.91 Å². The topological polar surface area (TPSA) is 105 Å². The van der Waals surface area contributed by atoms with Crippen LogP contribution in [0.2, 0.25) is 0 Å². The van der Waals surface area contributed by atoms with Crippen molar-refractivity contribution in [3.05, 3.63) is 101 Å². The lowest BCUT2D eigenvalue weighted by molar-refractivity contribution is -0.151. The molecule has 0 radical (unpaired) electrons. The Morgan fingerprint density at radius 3 is 2.16 bits per heavy atom. The lowest BCUT2D eigenvalue weighted by Crippen LogP contribution is -2.45. The van der Waals surface area contributed by atoms with Crippen LogP contribution in [0.3, 0.4) is 0 Å². The number of nitrogens with one attached hydrogen (secondary N) is 2. The minimum Gasteiger partial charge on any atom is -0.455 e. The molecule has 1 saturated heterocycles. The van der Waals surface area contributed by atoms with Crippen molar-refractivity contribution in [3.8, 4) is 0 Å². The molecule has 1 aliphatic rings. The quantitative estimate of drug-likeness (QED) is 0.462. The average Bonchev–Trinajstić information content (AvgIpc) is 3.25. The van der Waals surface area contributed by atoms with E-state index >= 15 is 0 Å². The summed E-state index contributed by atoms with van der Waals surface area (Å²) >= 11 is 0. The molecule has 0 aliphatic carbocycles. The van der Waals surface area contributed by atoms with Crippen molar-refractivity contribution in [2.45, 2.75) is 26.2 Å². The van der Waals surface area contributed by atoms with Crippen LogP contribution in [0.25, 0.3) is 0 Å². The lowest BCUT2D eigenvalue weighted by Gasteiger charge is -2.23. The number of hydrazine groups is 1. The first kappa shape index (κ1) is 25.6. The third kappa shape index (κ3) is 6.41. The summed E-state index contributed by atoms with van der Waals surface area (Å²) in [5, 5.41) is 3.88. The molecule has 2 N–H and O–H groups in total. The Balaban J connectivity index is 1.34. The molecule has 4 rings (SSSR count). The second kappa shape index (κ2) is 11.5. The maximum atomic E-state index is 13.3. The van der Waals surface area contributed by atoms with Crippen molar-refractivity contribution < 1.29 is 23.9 Å². The molecule has 3 aromatic carbocycles. The van der Waals surface area contributed by atoms with Crippen LogP contribution in [0.15, 0.2) is 78.9 Å². The third-order valence-corrected chi connectivity index (χ3v) is 6.23. The molecular formula is C29H29N3O5. The highest BCUT2D eigenvalue weighted by atomic mass is 16.5. The van der Waals surface area contributed by atoms with Crippen molar-refractivity contribution in [1.29, 1.82) is 0 Å². The number of amides is 3. The Morgan fingerprint density at radius 2 is 1.57 bits per heavy atom. The van der Waals surface area contributed by atoms with E-state index in [1.165, 1.54) is 0 Å². The van der Waals surface area contributed by atoms with Crippen LogP contribution in [-0.4, -0.2) is 41.9 Å². The second-order valence-corrected chi connectivity index (χ2v) is 9.11. The van der Waals surface area contributed by atoms with Crippen LogP contribution >= 0.6 is 0 Å². The molecule has 0 saturated carbocycles. The Kier molecular flexibility index (Phi) is 7.98. The van der Waals surface area contributed by atoms with Gasteiger partial charge in [0.25, 0.3) is 11.8 Å². The number of ether oxygens (including phenoxy) is 1. The molecule has 190 valence electrons. The van der Waals surface area contributed by atoms with Crippen molar-refractivity contribution in [2.75, 3.05) is 18.5 Å². The minimum atomic E-state index is -0.784. The van der Waals surface area contributed by atoms with Gasteiger partial charge in [-0.1, -0.05) is 78.4 Å². The van der Waals surface area contributed by atoms with Crippen LogP contribution in [0.5, 0.6) is 0 Å². The Bertz CT molecular complexity index is 1250. The zero-order valence-electron chi connectivity index (χ0n) is 20.8. The van der Waals surface area contributed by atoms with E-state index in [1.807, 2.05) is 86.6 Å². The molecule has 3 amide bonds. The molecule has 1 aliphatic heterocycles. The van der Waals surface area contributed by atoms with Crippen LogP contribution < -0.4 is 10.7 Å². The number of hydrogen-bond acceptors (Lipinski definition) is 5. The van der Waals surface area contributed by atoms with Gasteiger partial charge >= 0.3 is 5.97 Å². The highest BCUT2D eigenvalue weighted by Crippen LogP contribution is 2.26. The van der Waals surface area contributed by atoms with E-state index in [4.69, 9.17) is 4.74 Å². The number of aryl methyl sites for hydroxylation is 2. The van der Waals surface area contributed by atoms with E-state index in [1.54, 1.807) is 6.07 Å². The Labute approximate surface area is 215 Å². The highest BCUT2D eigenvalue weighted by molar-refractivity contribution is 5.95. The predicted molar refractivity (Wildman–Crippen MR) is 138 cm³/mol. The number of hydrogen-bond donors (Lipinski definition) is 2. The Morgan fingerprint density at radius 1 is 0.946 bits per heavy atom. The predicted octanol–water partition coefficient (Wildman–Crippen LogP) is 3.50. The molecule has 8 heteroatoms. The van der Waals surface area contributed by atoms with E-state index in [2.05, 4.69) is 10.7 Å². The largest absolute Gasteiger partial charge is 0.455 e. The van der Waals surface area contributed by atoms with Crippen LogP contribution in [0.4, 0.5) is 5.69 Å². The number of benzene rings is 3. The molecule has 37 heavy (non-hydrogen) atoms. The van der Waals surface area contributed by atoms with Crippen molar-refractivity contribution in [3.63, 3.8) is 0 Å². The third-order valence-electron chi connectivity index (χ3n) is 6.23. The zero-order chi connectivity index (χ0) is 26.4. The van der Waals surface area contributed by atoms with Crippen LogP contribution in [0, 0.1) is 19.8 Å². The normalized spacial score (nSPS) is 14.9. The van der Waals surface area contributed by atoms with Gasteiger partial charge in [0.15, 0.2) is 6.61 Å². The van der Waals surface area contributed by atoms with Gasteiger partial charge in [0.05, 0.1) is 18.4 Å². The number of anilines is 1. The van der Waals surface area contributed by atoms with E-state index in [0.29, 0.717) is 5.69 Å². The summed E-state index contributed by atoms with van der Waals surface area (Å²) in [5.74, 6) is -3.32. The monoisotopic (exact) mass is 499 g/mol. The van der Waals surface area contributed by atoms with Crippen molar-refractivity contribution in [1.82, 2.24) is 10.4 Å². The summed E-state index contributed by atoms with van der Waals surface area (Å²) in [5.41, 5.74) is 6.85. The van der Waals surface area contributed by atoms with Gasteiger partial charge in [-0.05, 0) is 36.6 Å². The molecule has 0 unspecified atom stereocenters. The molecule has 3 aromatic rings. The molecule has 0 aromatic heterocycles. The van der Waals surface area contributed by atoms with Gasteiger partial charge in [0.1, 0.15) is 0 Å². The van der Waals surface area contributed by atoms with Gasteiger partial charge in [-0.25, -0.2) is 0 Å². The maximum Gasteiger partial charge on any atom is 0.311 e. The SMILES string of the molecule is Cc1ccc(NC(=O)COC(=O)[C@@H]2CC(=O)N(NC(=O)C(c3ccccc3)c3ccccc3)C2)c(C)c1. The van der Waals surface area contributed by atoms with E-state index in [9.17, 15) is 19.2 Å². The lowest BCUT2D eigenvalue weighted by atomic mass is 9.91. The Hall–Kier alpha value is -4.46.